The molecule has 0 aliphatic carbocycles. The molecule has 26 heavy (non-hydrogen) atoms. The van der Waals surface area contributed by atoms with Crippen molar-refractivity contribution < 1.29 is 13.9 Å². The van der Waals surface area contributed by atoms with Crippen molar-refractivity contribution >= 4 is 17.4 Å². The second-order valence-corrected chi connectivity index (χ2v) is 6.86. The highest BCUT2D eigenvalue weighted by Gasteiger charge is 2.38. The van der Waals surface area contributed by atoms with Gasteiger partial charge in [-0.05, 0) is 43.2 Å². The molecule has 2 bridgehead atoms. The lowest BCUT2D eigenvalue weighted by Gasteiger charge is -2.26. The Morgan fingerprint density at radius 3 is 2.92 bits per heavy atom. The number of nitrogens with one attached hydrogen (secondary N) is 2. The number of nitrogens with zero attached hydrogens (tertiary/aromatic N) is 2. The van der Waals surface area contributed by atoms with Crippen molar-refractivity contribution in [3.63, 3.8) is 0 Å². The molecule has 4 rings (SSSR count). The monoisotopic (exact) mass is 356 g/mol. The van der Waals surface area contributed by atoms with E-state index in [1.807, 2.05) is 6.92 Å². The molecule has 1 aromatic carbocycles. The number of hydrogen-bond acceptors (Lipinski definition) is 4. The van der Waals surface area contributed by atoms with Crippen LogP contribution in [-0.2, 0) is 11.3 Å². The number of pyridine rings is 1. The number of ether oxygens (including phenoxy) is 1. The fourth-order valence-corrected chi connectivity index (χ4v) is 3.50. The lowest BCUT2D eigenvalue weighted by Crippen LogP contribution is -2.36. The molecule has 136 valence electrons. The maximum Gasteiger partial charge on any atom is 0.323 e. The molecule has 2 aliphatic rings. The molecule has 6 nitrogen and oxygen atoms in total. The molecule has 2 amide bonds. The zero-order valence-electron chi connectivity index (χ0n) is 14.5. The quantitative estimate of drug-likeness (QED) is 0.883. The number of carbonyl (C=O) groups is 1. The van der Waals surface area contributed by atoms with Gasteiger partial charge in [0, 0.05) is 24.8 Å². The van der Waals surface area contributed by atoms with Gasteiger partial charge in [-0.15, -0.1) is 0 Å². The van der Waals surface area contributed by atoms with E-state index in [0.29, 0.717) is 17.8 Å². The zero-order valence-corrected chi connectivity index (χ0v) is 14.5. The van der Waals surface area contributed by atoms with Gasteiger partial charge in [-0.1, -0.05) is 6.07 Å². The minimum atomic E-state index is -0.500. The van der Waals surface area contributed by atoms with Gasteiger partial charge >= 0.3 is 6.03 Å². The van der Waals surface area contributed by atoms with E-state index in [4.69, 9.17) is 4.74 Å². The average Bonchev–Trinajstić information content (AvgIpc) is 3.23. The van der Waals surface area contributed by atoms with Gasteiger partial charge in [0.1, 0.15) is 5.82 Å². The normalized spacial score (nSPS) is 21.8. The lowest BCUT2D eigenvalue weighted by atomic mass is 10.1. The summed E-state index contributed by atoms with van der Waals surface area (Å²) in [6.45, 7) is 4.27. The van der Waals surface area contributed by atoms with E-state index in [1.54, 1.807) is 30.5 Å². The van der Waals surface area contributed by atoms with Crippen molar-refractivity contribution in [2.45, 2.75) is 32.0 Å². The van der Waals surface area contributed by atoms with Crippen LogP contribution in [0.4, 0.5) is 20.6 Å². The third kappa shape index (κ3) is 3.68. The number of aryl methyl sites for hydroxylation is 1. The number of benzene rings is 1. The molecule has 0 spiro atoms. The molecular weight excluding hydrogens is 335 g/mol. The molecule has 2 N–H and O–H groups in total. The third-order valence-electron chi connectivity index (χ3n) is 4.85. The summed E-state index contributed by atoms with van der Waals surface area (Å²) in [4.78, 5) is 18.6. The van der Waals surface area contributed by atoms with Crippen LogP contribution in [0.25, 0.3) is 0 Å². The molecule has 2 aliphatic heterocycles. The number of carbonyl (C=O) groups excluding carboxylic acids is 1. The van der Waals surface area contributed by atoms with Gasteiger partial charge in [-0.3, -0.25) is 9.88 Å². The Kier molecular flexibility index (Phi) is 4.57. The van der Waals surface area contributed by atoms with Crippen molar-refractivity contribution in [2.24, 2.45) is 0 Å². The fraction of sp³-hybridized carbons (Fsp3) is 0.368. The van der Waals surface area contributed by atoms with Gasteiger partial charge in [-0.2, -0.15) is 0 Å². The molecule has 0 radical (unpaired) electrons. The summed E-state index contributed by atoms with van der Waals surface area (Å²) in [5.74, 6) is -0.461. The van der Waals surface area contributed by atoms with Crippen LogP contribution in [0.2, 0.25) is 0 Å². The van der Waals surface area contributed by atoms with E-state index < -0.39 is 11.8 Å². The van der Waals surface area contributed by atoms with E-state index in [-0.39, 0.29) is 5.69 Å². The van der Waals surface area contributed by atoms with Crippen LogP contribution in [0, 0.1) is 12.7 Å². The summed E-state index contributed by atoms with van der Waals surface area (Å²) in [7, 11) is 0. The number of urea groups is 1. The van der Waals surface area contributed by atoms with Gasteiger partial charge in [0.05, 0.1) is 30.3 Å². The Bertz CT molecular complexity index is 812. The number of hydrogen-bond donors (Lipinski definition) is 2. The maximum absolute atomic E-state index is 14.1. The van der Waals surface area contributed by atoms with Gasteiger partial charge in [0.2, 0.25) is 0 Å². The number of amides is 2. The van der Waals surface area contributed by atoms with Crippen molar-refractivity contribution in [2.75, 3.05) is 23.8 Å². The molecule has 2 atom stereocenters. The minimum Gasteiger partial charge on any atom is -0.375 e. The van der Waals surface area contributed by atoms with Gasteiger partial charge in [0.15, 0.2) is 0 Å². The van der Waals surface area contributed by atoms with Crippen LogP contribution in [0.1, 0.15) is 17.7 Å². The Hall–Kier alpha value is -2.51. The highest BCUT2D eigenvalue weighted by molar-refractivity contribution is 5.99. The average molecular weight is 356 g/mol. The second-order valence-electron chi connectivity index (χ2n) is 6.86. The Labute approximate surface area is 151 Å². The van der Waals surface area contributed by atoms with Crippen LogP contribution in [-0.4, -0.2) is 41.2 Å². The summed E-state index contributed by atoms with van der Waals surface area (Å²) in [6, 6.07) is 8.33. The summed E-state index contributed by atoms with van der Waals surface area (Å²) in [5.41, 5.74) is 2.54. The number of rotatable bonds is 4. The maximum atomic E-state index is 14.1. The first-order valence-corrected chi connectivity index (χ1v) is 8.71. The molecule has 0 unspecified atom stereocenters. The highest BCUT2D eigenvalue weighted by atomic mass is 19.1. The van der Waals surface area contributed by atoms with Crippen LogP contribution < -0.4 is 10.6 Å². The molecule has 2 fully saturated rings. The summed E-state index contributed by atoms with van der Waals surface area (Å²) in [6.07, 6.45) is 2.96. The van der Waals surface area contributed by atoms with Crippen molar-refractivity contribution in [3.8, 4) is 0 Å². The van der Waals surface area contributed by atoms with Crippen molar-refractivity contribution in [3.05, 3.63) is 53.6 Å². The van der Waals surface area contributed by atoms with Crippen LogP contribution in [0.15, 0.2) is 36.5 Å². The van der Waals surface area contributed by atoms with Crippen LogP contribution in [0.5, 0.6) is 0 Å². The summed E-state index contributed by atoms with van der Waals surface area (Å²) >= 11 is 0. The summed E-state index contributed by atoms with van der Waals surface area (Å²) < 4.78 is 19.7. The Morgan fingerprint density at radius 1 is 1.35 bits per heavy atom. The topological polar surface area (TPSA) is 66.5 Å². The first-order chi connectivity index (χ1) is 12.6. The Balaban J connectivity index is 1.41. The van der Waals surface area contributed by atoms with E-state index in [9.17, 15) is 9.18 Å². The number of likely N-dealkylation sites (tertiary alicyclic amines) is 1. The lowest BCUT2D eigenvalue weighted by molar-refractivity contribution is 0.0273. The third-order valence-corrected chi connectivity index (χ3v) is 4.85. The van der Waals surface area contributed by atoms with Crippen LogP contribution >= 0.6 is 0 Å². The van der Waals surface area contributed by atoms with Crippen LogP contribution in [0.3, 0.4) is 0 Å². The molecular formula is C19H21FN4O2. The predicted octanol–water partition coefficient (Wildman–Crippen LogP) is 3.15. The molecule has 1 aromatic heterocycles. The minimum absolute atomic E-state index is 0.167. The zero-order chi connectivity index (χ0) is 18.1. The number of halogens is 1. The molecule has 0 saturated carbocycles. The highest BCUT2D eigenvalue weighted by Crippen LogP contribution is 2.29. The van der Waals surface area contributed by atoms with E-state index in [0.717, 1.165) is 37.4 Å². The number of fused-ring (bicyclic) bond motifs is 2. The fourth-order valence-electron chi connectivity index (χ4n) is 3.50. The second kappa shape index (κ2) is 7.01. The first-order valence-electron chi connectivity index (χ1n) is 8.71. The van der Waals surface area contributed by atoms with Crippen molar-refractivity contribution in [1.82, 2.24) is 9.88 Å². The molecule has 3 heterocycles. The van der Waals surface area contributed by atoms with Crippen molar-refractivity contribution in [1.29, 1.82) is 0 Å². The standard InChI is InChI=1S/C19H21FN4O2/c1-12-2-4-14(8-21-12)22-19(25)23-18-6-13(3-5-17(18)20)9-24-10-16-7-15(24)11-26-16/h2-6,8,15-16H,7,9-11H2,1H3,(H2,22,23,25)/t15-,16-/m0/s1. The first kappa shape index (κ1) is 16.9. The Morgan fingerprint density at radius 2 is 2.23 bits per heavy atom. The van der Waals surface area contributed by atoms with Gasteiger partial charge in [0.25, 0.3) is 0 Å². The SMILES string of the molecule is Cc1ccc(NC(=O)Nc2cc(CN3C[C@@H]4C[C@H]3CO4)ccc2F)cn1. The predicted molar refractivity (Wildman–Crippen MR) is 96.6 cm³/mol. The van der Waals surface area contributed by atoms with Gasteiger partial charge < -0.3 is 15.4 Å². The van der Waals surface area contributed by atoms with Gasteiger partial charge in [-0.25, -0.2) is 9.18 Å². The smallest absolute Gasteiger partial charge is 0.323 e. The largest absolute Gasteiger partial charge is 0.375 e. The van der Waals surface area contributed by atoms with E-state index in [1.165, 1.54) is 6.07 Å². The molecule has 7 heteroatoms. The number of morpholine rings is 1. The molecule has 2 saturated heterocycles. The van der Waals surface area contributed by atoms with E-state index >= 15 is 0 Å². The van der Waals surface area contributed by atoms with E-state index in [2.05, 4.69) is 20.5 Å². The molecule has 2 aromatic rings. The number of anilines is 2. The summed E-state index contributed by atoms with van der Waals surface area (Å²) in [5, 5.41) is 5.23. The number of aromatic nitrogens is 1.